The largest absolute Gasteiger partial charge is 0.486 e. The fourth-order valence-electron chi connectivity index (χ4n) is 5.36. The van der Waals surface area contributed by atoms with Gasteiger partial charge in [-0.25, -0.2) is 13.8 Å². The fourth-order valence-corrected chi connectivity index (χ4v) is 5.50. The standard InChI is InChI=1S/C26H29ClF2N6O3/c1-34-20-5-4-16(10-17(20)21-22(24(34)37)38-9-6-19(32-21)14-2-3-14)31-23-18(27)11-30-25(33-23)35-8-7-26(28,29)15(12-35)13-36/h4-5,10-11,14-15,19,32,36H,2-3,6-9,12-13H2,1H3,(H,30,31,33). The van der Waals surface area contributed by atoms with Crippen LogP contribution in [0.3, 0.4) is 0 Å². The Morgan fingerprint density at radius 2 is 2.13 bits per heavy atom. The zero-order valence-corrected chi connectivity index (χ0v) is 21.6. The maximum absolute atomic E-state index is 14.1. The molecule has 202 valence electrons. The summed E-state index contributed by atoms with van der Waals surface area (Å²) < 4.78 is 35.7. The number of piperidine rings is 1. The fraction of sp³-hybridized carbons (Fsp3) is 0.500. The lowest BCUT2D eigenvalue weighted by Gasteiger charge is -2.37. The van der Waals surface area contributed by atoms with Gasteiger partial charge in [0.05, 0.1) is 36.5 Å². The number of hydrogen-bond acceptors (Lipinski definition) is 8. The second-order valence-electron chi connectivity index (χ2n) is 10.4. The van der Waals surface area contributed by atoms with E-state index >= 15 is 0 Å². The summed E-state index contributed by atoms with van der Waals surface area (Å²) in [6, 6.07) is 5.85. The third kappa shape index (κ3) is 4.51. The molecule has 1 saturated heterocycles. The van der Waals surface area contributed by atoms with Crippen LogP contribution in [0.4, 0.5) is 31.9 Å². The summed E-state index contributed by atoms with van der Waals surface area (Å²) in [6.45, 7) is -0.132. The highest BCUT2D eigenvalue weighted by atomic mass is 35.5. The average molecular weight is 547 g/mol. The molecule has 1 aliphatic carbocycles. The molecule has 2 aliphatic heterocycles. The van der Waals surface area contributed by atoms with Gasteiger partial charge in [-0.15, -0.1) is 0 Å². The van der Waals surface area contributed by atoms with Crippen LogP contribution in [0.15, 0.2) is 29.2 Å². The molecule has 0 spiro atoms. The second-order valence-corrected chi connectivity index (χ2v) is 10.8. The minimum Gasteiger partial charge on any atom is -0.486 e. The number of aryl methyl sites for hydroxylation is 1. The summed E-state index contributed by atoms with van der Waals surface area (Å²) in [5.41, 5.74) is 1.94. The van der Waals surface area contributed by atoms with E-state index in [0.29, 0.717) is 35.5 Å². The molecule has 12 heteroatoms. The van der Waals surface area contributed by atoms with E-state index in [4.69, 9.17) is 16.3 Å². The van der Waals surface area contributed by atoms with Crippen molar-refractivity contribution in [1.29, 1.82) is 0 Å². The van der Waals surface area contributed by atoms with Crippen LogP contribution in [-0.2, 0) is 7.05 Å². The second kappa shape index (κ2) is 9.53. The van der Waals surface area contributed by atoms with Crippen LogP contribution < -0.4 is 25.8 Å². The van der Waals surface area contributed by atoms with Crippen molar-refractivity contribution in [2.75, 3.05) is 41.8 Å². The van der Waals surface area contributed by atoms with Crippen molar-refractivity contribution >= 4 is 45.6 Å². The normalized spacial score (nSPS) is 22.8. The van der Waals surface area contributed by atoms with Gasteiger partial charge in [-0.1, -0.05) is 11.6 Å². The Morgan fingerprint density at radius 3 is 2.89 bits per heavy atom. The van der Waals surface area contributed by atoms with Crippen molar-refractivity contribution in [3.05, 3.63) is 39.8 Å². The zero-order chi connectivity index (χ0) is 26.6. The molecule has 2 unspecified atom stereocenters. The number of rotatable bonds is 5. The summed E-state index contributed by atoms with van der Waals surface area (Å²) in [5, 5.41) is 17.4. The first-order chi connectivity index (χ1) is 18.2. The number of nitrogens with zero attached hydrogens (tertiary/aromatic N) is 4. The van der Waals surface area contributed by atoms with E-state index in [9.17, 15) is 18.7 Å². The van der Waals surface area contributed by atoms with Crippen LogP contribution in [0.5, 0.6) is 5.75 Å². The Labute approximate surface area is 222 Å². The van der Waals surface area contributed by atoms with Crippen molar-refractivity contribution < 1.29 is 18.6 Å². The zero-order valence-electron chi connectivity index (χ0n) is 20.9. The summed E-state index contributed by atoms with van der Waals surface area (Å²) in [7, 11) is 1.72. The molecule has 1 aromatic carbocycles. The number of anilines is 4. The van der Waals surface area contributed by atoms with E-state index < -0.39 is 24.9 Å². The predicted octanol–water partition coefficient (Wildman–Crippen LogP) is 4.15. The topological polar surface area (TPSA) is 105 Å². The van der Waals surface area contributed by atoms with Crippen molar-refractivity contribution in [3.63, 3.8) is 0 Å². The summed E-state index contributed by atoms with van der Waals surface area (Å²) >= 11 is 6.40. The highest BCUT2D eigenvalue weighted by Gasteiger charge is 2.44. The number of hydrogen-bond donors (Lipinski definition) is 3. The Bertz CT molecular complexity index is 1450. The number of alkyl halides is 2. The van der Waals surface area contributed by atoms with Gasteiger partial charge < -0.3 is 29.9 Å². The van der Waals surface area contributed by atoms with Gasteiger partial charge in [0.15, 0.2) is 5.82 Å². The molecule has 38 heavy (non-hydrogen) atoms. The lowest BCUT2D eigenvalue weighted by Crippen LogP contribution is -2.49. The summed E-state index contributed by atoms with van der Waals surface area (Å²) in [4.78, 5) is 23.4. The highest BCUT2D eigenvalue weighted by Crippen LogP contribution is 2.41. The van der Waals surface area contributed by atoms with Gasteiger partial charge in [0.2, 0.25) is 11.7 Å². The lowest BCUT2D eigenvalue weighted by atomic mass is 9.94. The van der Waals surface area contributed by atoms with E-state index in [-0.39, 0.29) is 35.7 Å². The Hall–Kier alpha value is -3.18. The lowest BCUT2D eigenvalue weighted by molar-refractivity contribution is -0.0881. The van der Waals surface area contributed by atoms with E-state index in [1.807, 2.05) is 18.2 Å². The van der Waals surface area contributed by atoms with Gasteiger partial charge in [-0.05, 0) is 37.0 Å². The molecule has 0 amide bonds. The molecule has 3 aliphatic rings. The quantitative estimate of drug-likeness (QED) is 0.438. The molecule has 0 bridgehead atoms. The SMILES string of the molecule is Cn1c(=O)c2c(c3cc(Nc4nc(N5CCC(F)(F)C(CO)C5)ncc4Cl)ccc31)NC(C1CC1)CCO2. The van der Waals surface area contributed by atoms with Crippen LogP contribution in [-0.4, -0.2) is 57.9 Å². The molecule has 2 atom stereocenters. The molecule has 4 heterocycles. The first-order valence-corrected chi connectivity index (χ1v) is 13.2. The van der Waals surface area contributed by atoms with Crippen molar-refractivity contribution in [2.45, 2.75) is 37.6 Å². The predicted molar refractivity (Wildman–Crippen MR) is 142 cm³/mol. The Morgan fingerprint density at radius 1 is 1.32 bits per heavy atom. The van der Waals surface area contributed by atoms with E-state index in [0.717, 1.165) is 17.3 Å². The molecule has 3 N–H and O–H groups in total. The van der Waals surface area contributed by atoms with Gasteiger partial charge in [0.25, 0.3) is 11.5 Å². The summed E-state index contributed by atoms with van der Waals surface area (Å²) in [6.07, 6.45) is 4.22. The van der Waals surface area contributed by atoms with E-state index in [1.165, 1.54) is 19.0 Å². The van der Waals surface area contributed by atoms with Crippen LogP contribution in [0.2, 0.25) is 5.02 Å². The number of aliphatic hydroxyl groups is 1. The monoisotopic (exact) mass is 546 g/mol. The van der Waals surface area contributed by atoms with Gasteiger partial charge in [0.1, 0.15) is 5.02 Å². The van der Waals surface area contributed by atoms with Gasteiger partial charge in [-0.2, -0.15) is 4.98 Å². The van der Waals surface area contributed by atoms with Crippen LogP contribution in [0.1, 0.15) is 25.7 Å². The number of pyridine rings is 1. The molecule has 2 aromatic heterocycles. The first-order valence-electron chi connectivity index (χ1n) is 12.8. The number of halogens is 3. The number of aromatic nitrogens is 3. The molecule has 6 rings (SSSR count). The maximum Gasteiger partial charge on any atom is 0.295 e. The van der Waals surface area contributed by atoms with E-state index in [2.05, 4.69) is 20.6 Å². The first kappa shape index (κ1) is 25.1. The average Bonchev–Trinajstić information content (AvgIpc) is 3.75. The molecule has 0 radical (unpaired) electrons. The number of ether oxygens (including phenoxy) is 1. The Kier molecular flexibility index (Phi) is 6.30. The van der Waals surface area contributed by atoms with Crippen LogP contribution in [0, 0.1) is 11.8 Å². The van der Waals surface area contributed by atoms with Crippen molar-refractivity contribution in [2.24, 2.45) is 18.9 Å². The number of aliphatic hydroxyl groups excluding tert-OH is 1. The van der Waals surface area contributed by atoms with Gasteiger partial charge >= 0.3 is 0 Å². The molecule has 1 saturated carbocycles. The van der Waals surface area contributed by atoms with E-state index in [1.54, 1.807) is 16.5 Å². The molecule has 3 aromatic rings. The van der Waals surface area contributed by atoms with Crippen molar-refractivity contribution in [3.8, 4) is 5.75 Å². The van der Waals surface area contributed by atoms with Crippen molar-refractivity contribution in [1.82, 2.24) is 14.5 Å². The summed E-state index contributed by atoms with van der Waals surface area (Å²) in [5.74, 6) is -2.64. The maximum atomic E-state index is 14.1. The molecule has 9 nitrogen and oxygen atoms in total. The minimum atomic E-state index is -2.93. The third-order valence-corrected chi connectivity index (χ3v) is 8.08. The van der Waals surface area contributed by atoms with Gasteiger partial charge in [-0.3, -0.25) is 4.79 Å². The number of fused-ring (bicyclic) bond motifs is 3. The molecular weight excluding hydrogens is 518 g/mol. The Balaban J connectivity index is 1.34. The minimum absolute atomic E-state index is 0.0610. The molecule has 2 fully saturated rings. The van der Waals surface area contributed by atoms with Gasteiger partial charge in [0, 0.05) is 50.1 Å². The molecular formula is C26H29ClF2N6O3. The number of benzene rings is 1. The van der Waals surface area contributed by atoms with Crippen LogP contribution in [0.25, 0.3) is 10.9 Å². The third-order valence-electron chi connectivity index (χ3n) is 7.80. The number of nitrogens with one attached hydrogen (secondary N) is 2. The highest BCUT2D eigenvalue weighted by molar-refractivity contribution is 6.32. The van der Waals surface area contributed by atoms with Crippen LogP contribution >= 0.6 is 11.6 Å². The smallest absolute Gasteiger partial charge is 0.295 e.